The zero-order chi connectivity index (χ0) is 21.4. The summed E-state index contributed by atoms with van der Waals surface area (Å²) in [5.41, 5.74) is 2.48. The Bertz CT molecular complexity index is 1350. The Labute approximate surface area is 187 Å². The second-order valence-electron chi connectivity index (χ2n) is 7.54. The van der Waals surface area contributed by atoms with E-state index in [0.29, 0.717) is 23.0 Å². The molecule has 156 valence electrons. The molecule has 0 radical (unpaired) electrons. The lowest BCUT2D eigenvalue weighted by atomic mass is 10.1. The molecule has 0 saturated carbocycles. The number of aromatic nitrogens is 6. The largest absolute Gasteiger partial charge is 0.376 e. The Morgan fingerprint density at radius 2 is 1.87 bits per heavy atom. The molecule has 0 aliphatic rings. The number of rotatable bonds is 6. The minimum Gasteiger partial charge on any atom is -0.376 e. The third kappa shape index (κ3) is 4.12. The van der Waals surface area contributed by atoms with Gasteiger partial charge in [0.15, 0.2) is 10.6 Å². The zero-order valence-electron chi connectivity index (χ0n) is 17.1. The molecule has 1 aromatic carbocycles. The lowest BCUT2D eigenvalue weighted by Gasteiger charge is -2.16. The highest BCUT2D eigenvalue weighted by molar-refractivity contribution is 7.12. The summed E-state index contributed by atoms with van der Waals surface area (Å²) in [4.78, 5) is 9.11. The van der Waals surface area contributed by atoms with Gasteiger partial charge in [0.05, 0.1) is 23.4 Å². The van der Waals surface area contributed by atoms with E-state index in [9.17, 15) is 5.11 Å². The first-order valence-electron chi connectivity index (χ1n) is 9.82. The monoisotopic (exact) mass is 448 g/mol. The number of thiazole rings is 1. The summed E-state index contributed by atoms with van der Waals surface area (Å²) in [6, 6.07) is 14.2. The van der Waals surface area contributed by atoms with Crippen LogP contribution in [0.3, 0.4) is 0 Å². The van der Waals surface area contributed by atoms with Crippen molar-refractivity contribution in [2.45, 2.75) is 32.4 Å². The molecule has 0 aliphatic heterocycles. The first kappa shape index (κ1) is 19.9. The molecule has 0 bridgehead atoms. The SMILES string of the molecule is Cc1csc(C(C)(O)c2nnc(Cc3ccn(Cc4ccc5ccccc5n4)n3)s2)n1. The van der Waals surface area contributed by atoms with Gasteiger partial charge in [-0.25, -0.2) is 4.98 Å². The fraction of sp³-hybridized carbons (Fsp3) is 0.227. The summed E-state index contributed by atoms with van der Waals surface area (Å²) < 4.78 is 1.88. The number of aryl methyl sites for hydroxylation is 1. The van der Waals surface area contributed by atoms with Crippen molar-refractivity contribution >= 4 is 33.6 Å². The van der Waals surface area contributed by atoms with Crippen LogP contribution in [0.15, 0.2) is 54.0 Å². The van der Waals surface area contributed by atoms with Crippen LogP contribution in [-0.4, -0.2) is 35.1 Å². The van der Waals surface area contributed by atoms with Crippen LogP contribution in [0.5, 0.6) is 0 Å². The Hall–Kier alpha value is -3.01. The van der Waals surface area contributed by atoms with Gasteiger partial charge >= 0.3 is 0 Å². The molecule has 4 heterocycles. The molecular formula is C22H20N6OS2. The molecule has 0 fully saturated rings. The van der Waals surface area contributed by atoms with E-state index >= 15 is 0 Å². The highest BCUT2D eigenvalue weighted by atomic mass is 32.1. The van der Waals surface area contributed by atoms with Crippen LogP contribution in [0, 0.1) is 6.92 Å². The number of hydrogen-bond acceptors (Lipinski definition) is 8. The third-order valence-electron chi connectivity index (χ3n) is 4.93. The molecule has 0 saturated heterocycles. The molecule has 4 aromatic heterocycles. The lowest BCUT2D eigenvalue weighted by molar-refractivity contribution is 0.101. The maximum atomic E-state index is 10.9. The predicted molar refractivity (Wildman–Crippen MR) is 121 cm³/mol. The van der Waals surface area contributed by atoms with Gasteiger partial charge in [-0.15, -0.1) is 21.5 Å². The first-order chi connectivity index (χ1) is 15.0. The van der Waals surface area contributed by atoms with Crippen molar-refractivity contribution in [1.29, 1.82) is 0 Å². The average molecular weight is 449 g/mol. The number of aliphatic hydroxyl groups is 1. The van der Waals surface area contributed by atoms with Crippen molar-refractivity contribution in [1.82, 2.24) is 29.9 Å². The lowest BCUT2D eigenvalue weighted by Crippen LogP contribution is -2.22. The number of pyridine rings is 1. The third-order valence-corrected chi connectivity index (χ3v) is 7.23. The smallest absolute Gasteiger partial charge is 0.166 e. The van der Waals surface area contributed by atoms with Gasteiger partial charge in [0.2, 0.25) is 0 Å². The van der Waals surface area contributed by atoms with Crippen LogP contribution in [-0.2, 0) is 18.6 Å². The van der Waals surface area contributed by atoms with E-state index in [4.69, 9.17) is 4.98 Å². The van der Waals surface area contributed by atoms with Gasteiger partial charge in [0.1, 0.15) is 10.0 Å². The summed E-state index contributed by atoms with van der Waals surface area (Å²) in [6.07, 6.45) is 2.51. The summed E-state index contributed by atoms with van der Waals surface area (Å²) in [6.45, 7) is 4.22. The molecule has 0 spiro atoms. The van der Waals surface area contributed by atoms with Gasteiger partial charge in [-0.1, -0.05) is 35.6 Å². The molecule has 1 atom stereocenters. The number of fused-ring (bicyclic) bond motifs is 1. The molecule has 0 aliphatic carbocycles. The van der Waals surface area contributed by atoms with Crippen molar-refractivity contribution in [3.63, 3.8) is 0 Å². The molecule has 5 rings (SSSR count). The maximum Gasteiger partial charge on any atom is 0.166 e. The van der Waals surface area contributed by atoms with Crippen molar-refractivity contribution in [2.75, 3.05) is 0 Å². The molecule has 9 heteroatoms. The highest BCUT2D eigenvalue weighted by Gasteiger charge is 2.33. The number of benzene rings is 1. The van der Waals surface area contributed by atoms with Crippen molar-refractivity contribution in [3.8, 4) is 0 Å². The van der Waals surface area contributed by atoms with Crippen LogP contribution >= 0.6 is 22.7 Å². The van der Waals surface area contributed by atoms with Gasteiger partial charge in [-0.2, -0.15) is 5.10 Å². The topological polar surface area (TPSA) is 89.6 Å². The molecule has 31 heavy (non-hydrogen) atoms. The van der Waals surface area contributed by atoms with E-state index in [1.807, 2.05) is 53.5 Å². The van der Waals surface area contributed by atoms with Gasteiger partial charge in [0.25, 0.3) is 0 Å². The van der Waals surface area contributed by atoms with Crippen molar-refractivity contribution in [2.24, 2.45) is 0 Å². The summed E-state index contributed by atoms with van der Waals surface area (Å²) >= 11 is 2.81. The standard InChI is InChI=1S/C22H20N6OS2/c1-14-13-30-20(23-14)22(2,29)21-26-25-19(31-21)11-16-9-10-28(27-16)12-17-8-7-15-5-3-4-6-18(15)24-17/h3-10,13,29H,11-12H2,1-2H3. The Morgan fingerprint density at radius 3 is 2.71 bits per heavy atom. The molecule has 1 N–H and O–H groups in total. The molecule has 0 amide bonds. The first-order valence-corrected chi connectivity index (χ1v) is 11.5. The fourth-order valence-electron chi connectivity index (χ4n) is 3.29. The van der Waals surface area contributed by atoms with Gasteiger partial charge in [-0.05, 0) is 32.0 Å². The summed E-state index contributed by atoms with van der Waals surface area (Å²) in [7, 11) is 0. The fourth-order valence-corrected chi connectivity index (χ4v) is 5.12. The maximum absolute atomic E-state index is 10.9. The van der Waals surface area contributed by atoms with Crippen molar-refractivity contribution in [3.05, 3.63) is 86.1 Å². The van der Waals surface area contributed by atoms with E-state index in [1.54, 1.807) is 6.92 Å². The van der Waals surface area contributed by atoms with E-state index in [0.717, 1.165) is 33.0 Å². The number of nitrogens with zero attached hydrogens (tertiary/aromatic N) is 6. The Kier molecular flexibility index (Phi) is 5.09. The van der Waals surface area contributed by atoms with E-state index in [-0.39, 0.29) is 0 Å². The zero-order valence-corrected chi connectivity index (χ0v) is 18.7. The van der Waals surface area contributed by atoms with Crippen molar-refractivity contribution < 1.29 is 5.11 Å². The second kappa shape index (κ2) is 7.92. The second-order valence-corrected chi connectivity index (χ2v) is 9.46. The predicted octanol–water partition coefficient (Wildman–Crippen LogP) is 3.94. The van der Waals surface area contributed by atoms with Gasteiger partial charge in [0, 0.05) is 29.1 Å². The molecule has 7 nitrogen and oxygen atoms in total. The van der Waals surface area contributed by atoms with E-state index < -0.39 is 5.60 Å². The molecule has 5 aromatic rings. The minimum atomic E-state index is -1.24. The number of para-hydroxylation sites is 1. The van der Waals surface area contributed by atoms with Crippen LogP contribution in [0.2, 0.25) is 0 Å². The van der Waals surface area contributed by atoms with Crippen LogP contribution in [0.25, 0.3) is 10.9 Å². The Balaban J connectivity index is 1.29. The summed E-state index contributed by atoms with van der Waals surface area (Å²) in [5.74, 6) is 0. The Morgan fingerprint density at radius 1 is 1.00 bits per heavy atom. The van der Waals surface area contributed by atoms with Crippen LogP contribution < -0.4 is 0 Å². The van der Waals surface area contributed by atoms with Gasteiger partial charge in [-0.3, -0.25) is 9.67 Å². The minimum absolute atomic E-state index is 0.539. The van der Waals surface area contributed by atoms with Gasteiger partial charge < -0.3 is 5.11 Å². The molecule has 1 unspecified atom stereocenters. The molecular weight excluding hydrogens is 428 g/mol. The summed E-state index contributed by atoms with van der Waals surface area (Å²) in [5, 5.41) is 29.1. The average Bonchev–Trinajstić information content (AvgIpc) is 3.50. The highest BCUT2D eigenvalue weighted by Crippen LogP contribution is 2.33. The number of hydrogen-bond donors (Lipinski definition) is 1. The normalized spacial score (nSPS) is 13.5. The quantitative estimate of drug-likeness (QED) is 0.423. The van der Waals surface area contributed by atoms with E-state index in [2.05, 4.69) is 32.4 Å². The van der Waals surface area contributed by atoms with Crippen LogP contribution in [0.1, 0.15) is 39.0 Å². The van der Waals surface area contributed by atoms with E-state index in [1.165, 1.54) is 22.7 Å². The van der Waals surface area contributed by atoms with Crippen LogP contribution in [0.4, 0.5) is 0 Å².